The average molecular weight is 395 g/mol. The Bertz CT molecular complexity index is 754. The van der Waals surface area contributed by atoms with Crippen LogP contribution in [0.4, 0.5) is 0 Å². The Balaban J connectivity index is 2.07. The molecule has 0 heterocycles. The molecule has 0 amide bonds. The predicted octanol–water partition coefficient (Wildman–Crippen LogP) is 2.25. The summed E-state index contributed by atoms with van der Waals surface area (Å²) in [6, 6.07) is 8.24. The maximum absolute atomic E-state index is 12.7. The number of carbonyl (C=O) groups is 2. The molecule has 1 unspecified atom stereocenters. The number of hydrogen-bond acceptors (Lipinski definition) is 6. The first-order valence-electron chi connectivity index (χ1n) is 8.91. The van der Waals surface area contributed by atoms with Gasteiger partial charge in [-0.15, -0.1) is 0 Å². The van der Waals surface area contributed by atoms with Crippen LogP contribution < -0.4 is 4.72 Å². The van der Waals surface area contributed by atoms with Gasteiger partial charge in [-0.2, -0.15) is 0 Å². The molecule has 148 valence electrons. The van der Waals surface area contributed by atoms with Crippen LogP contribution in [0.3, 0.4) is 0 Å². The van der Waals surface area contributed by atoms with E-state index in [1.54, 1.807) is 24.3 Å². The Hall–Kier alpha value is -2.19. The third-order valence-electron chi connectivity index (χ3n) is 4.45. The number of benzene rings is 1. The van der Waals surface area contributed by atoms with E-state index in [1.807, 2.05) is 6.07 Å². The van der Waals surface area contributed by atoms with Gasteiger partial charge >= 0.3 is 11.9 Å². The quantitative estimate of drug-likeness (QED) is 0.535. The molecule has 1 fully saturated rings. The Morgan fingerprint density at radius 3 is 2.37 bits per heavy atom. The van der Waals surface area contributed by atoms with Crippen molar-refractivity contribution in [2.75, 3.05) is 13.7 Å². The van der Waals surface area contributed by atoms with E-state index >= 15 is 0 Å². The van der Waals surface area contributed by atoms with Gasteiger partial charge in [0.15, 0.2) is 0 Å². The van der Waals surface area contributed by atoms with Crippen molar-refractivity contribution in [2.24, 2.45) is 0 Å². The number of nitrogens with one attached hydrogen (secondary N) is 1. The van der Waals surface area contributed by atoms with Gasteiger partial charge in [-0.1, -0.05) is 49.6 Å². The summed E-state index contributed by atoms with van der Waals surface area (Å²) < 4.78 is 37.7. The van der Waals surface area contributed by atoms with Gasteiger partial charge in [0.1, 0.15) is 6.61 Å². The van der Waals surface area contributed by atoms with Crippen LogP contribution in [0, 0.1) is 0 Å². The third-order valence-corrected chi connectivity index (χ3v) is 6.41. The van der Waals surface area contributed by atoms with E-state index in [0.29, 0.717) is 18.4 Å². The van der Waals surface area contributed by atoms with E-state index in [-0.39, 0.29) is 6.61 Å². The highest BCUT2D eigenvalue weighted by atomic mass is 32.2. The third kappa shape index (κ3) is 6.80. The standard InChI is InChI=1S/C19H25NO6S/c1-25-18(21)12-13-19(22)26-14-17(15-8-4-2-5-9-15)20-27(23,24)16-10-6-3-7-11-16/h2,4-5,8-9,12-13,16-17,20H,3,6-7,10-11,14H2,1H3. The zero-order chi connectivity index (χ0) is 19.7. The summed E-state index contributed by atoms with van der Waals surface area (Å²) in [4.78, 5) is 22.8. The number of carbonyl (C=O) groups excluding carboxylic acids is 2. The van der Waals surface area contributed by atoms with Crippen LogP contribution in [0.25, 0.3) is 0 Å². The van der Waals surface area contributed by atoms with Crippen molar-refractivity contribution < 1.29 is 27.5 Å². The Morgan fingerprint density at radius 1 is 1.11 bits per heavy atom. The molecule has 1 saturated carbocycles. The van der Waals surface area contributed by atoms with Crippen LogP contribution in [0.1, 0.15) is 43.7 Å². The zero-order valence-electron chi connectivity index (χ0n) is 15.3. The van der Waals surface area contributed by atoms with E-state index in [9.17, 15) is 18.0 Å². The number of ether oxygens (including phenoxy) is 2. The molecule has 1 N–H and O–H groups in total. The first-order chi connectivity index (χ1) is 12.9. The molecule has 1 aromatic carbocycles. The number of esters is 2. The molecule has 0 aliphatic heterocycles. The number of hydrogen-bond donors (Lipinski definition) is 1. The molecule has 8 heteroatoms. The summed E-state index contributed by atoms with van der Waals surface area (Å²) in [6.07, 6.45) is 6.02. The predicted molar refractivity (Wildman–Crippen MR) is 100 cm³/mol. The van der Waals surface area contributed by atoms with Gasteiger partial charge in [-0.05, 0) is 18.4 Å². The highest BCUT2D eigenvalue weighted by Crippen LogP contribution is 2.25. The Kier molecular flexibility index (Phi) is 7.99. The first-order valence-corrected chi connectivity index (χ1v) is 10.5. The summed E-state index contributed by atoms with van der Waals surface area (Å²) in [7, 11) is -2.34. The van der Waals surface area contributed by atoms with Crippen molar-refractivity contribution in [3.8, 4) is 0 Å². The lowest BCUT2D eigenvalue weighted by Crippen LogP contribution is -2.39. The molecule has 0 saturated heterocycles. The number of rotatable bonds is 8. The van der Waals surface area contributed by atoms with Crippen molar-refractivity contribution in [3.05, 3.63) is 48.0 Å². The number of methoxy groups -OCH3 is 1. The van der Waals surface area contributed by atoms with Crippen LogP contribution in [-0.4, -0.2) is 39.3 Å². The second-order valence-electron chi connectivity index (χ2n) is 6.37. The molecule has 1 aromatic rings. The SMILES string of the molecule is COC(=O)C=CC(=O)OCC(NS(=O)(=O)C1CCCCC1)c1ccccc1. The summed E-state index contributed by atoms with van der Waals surface area (Å²) in [6.45, 7) is -0.180. The van der Waals surface area contributed by atoms with Crippen molar-refractivity contribution in [2.45, 2.75) is 43.4 Å². The minimum absolute atomic E-state index is 0.180. The van der Waals surface area contributed by atoms with Crippen LogP contribution >= 0.6 is 0 Å². The van der Waals surface area contributed by atoms with Crippen LogP contribution in [0.5, 0.6) is 0 Å². The Morgan fingerprint density at radius 2 is 1.74 bits per heavy atom. The van der Waals surface area contributed by atoms with Gasteiger partial charge in [-0.25, -0.2) is 22.7 Å². The highest BCUT2D eigenvalue weighted by molar-refractivity contribution is 7.90. The van der Waals surface area contributed by atoms with Gasteiger partial charge in [0, 0.05) is 12.2 Å². The topological polar surface area (TPSA) is 98.8 Å². The molecule has 0 aromatic heterocycles. The maximum Gasteiger partial charge on any atom is 0.331 e. The van der Waals surface area contributed by atoms with Crippen molar-refractivity contribution in [1.82, 2.24) is 4.72 Å². The first kappa shape index (κ1) is 21.1. The average Bonchev–Trinajstić information content (AvgIpc) is 2.70. The molecular formula is C19H25NO6S. The Labute approximate surface area is 159 Å². The van der Waals surface area contributed by atoms with Crippen LogP contribution in [-0.2, 0) is 29.1 Å². The lowest BCUT2D eigenvalue weighted by Gasteiger charge is -2.25. The van der Waals surface area contributed by atoms with Gasteiger partial charge in [0.2, 0.25) is 10.0 Å². The van der Waals surface area contributed by atoms with E-state index in [2.05, 4.69) is 9.46 Å². The molecule has 0 bridgehead atoms. The van der Waals surface area contributed by atoms with Gasteiger partial charge in [0.05, 0.1) is 18.4 Å². The highest BCUT2D eigenvalue weighted by Gasteiger charge is 2.30. The summed E-state index contributed by atoms with van der Waals surface area (Å²) in [5, 5.41) is -0.424. The normalized spacial score (nSPS) is 16.8. The van der Waals surface area contributed by atoms with Crippen molar-refractivity contribution in [3.63, 3.8) is 0 Å². The van der Waals surface area contributed by atoms with Gasteiger partial charge < -0.3 is 9.47 Å². The molecule has 2 rings (SSSR count). The second-order valence-corrected chi connectivity index (χ2v) is 8.37. The summed E-state index contributed by atoms with van der Waals surface area (Å²) in [5.74, 6) is -1.43. The minimum Gasteiger partial charge on any atom is -0.466 e. The van der Waals surface area contributed by atoms with E-state index in [4.69, 9.17) is 4.74 Å². The van der Waals surface area contributed by atoms with Gasteiger partial charge in [0.25, 0.3) is 0 Å². The molecule has 1 aliphatic carbocycles. The summed E-state index contributed by atoms with van der Waals surface area (Å²) in [5.41, 5.74) is 0.696. The molecule has 0 spiro atoms. The van der Waals surface area contributed by atoms with E-state index in [0.717, 1.165) is 31.4 Å². The fourth-order valence-corrected chi connectivity index (χ4v) is 4.72. The van der Waals surface area contributed by atoms with Crippen molar-refractivity contribution >= 4 is 22.0 Å². The largest absolute Gasteiger partial charge is 0.466 e. The molecule has 27 heavy (non-hydrogen) atoms. The van der Waals surface area contributed by atoms with Crippen LogP contribution in [0.2, 0.25) is 0 Å². The smallest absolute Gasteiger partial charge is 0.331 e. The van der Waals surface area contributed by atoms with E-state index < -0.39 is 33.3 Å². The fourth-order valence-electron chi connectivity index (χ4n) is 2.97. The number of sulfonamides is 1. The van der Waals surface area contributed by atoms with E-state index in [1.165, 1.54) is 7.11 Å². The molecule has 7 nitrogen and oxygen atoms in total. The fraction of sp³-hybridized carbons (Fsp3) is 0.474. The lowest BCUT2D eigenvalue weighted by molar-refractivity contribution is -0.139. The summed E-state index contributed by atoms with van der Waals surface area (Å²) >= 11 is 0. The zero-order valence-corrected chi connectivity index (χ0v) is 16.1. The molecular weight excluding hydrogens is 370 g/mol. The monoisotopic (exact) mass is 395 g/mol. The minimum atomic E-state index is -3.54. The van der Waals surface area contributed by atoms with Crippen molar-refractivity contribution in [1.29, 1.82) is 0 Å². The van der Waals surface area contributed by atoms with Gasteiger partial charge in [-0.3, -0.25) is 0 Å². The molecule has 1 aliphatic rings. The maximum atomic E-state index is 12.7. The second kappa shape index (κ2) is 10.2. The molecule has 1 atom stereocenters. The lowest BCUT2D eigenvalue weighted by atomic mass is 10.0. The molecule has 0 radical (unpaired) electrons. The van der Waals surface area contributed by atoms with Crippen LogP contribution in [0.15, 0.2) is 42.5 Å².